The van der Waals surface area contributed by atoms with Crippen molar-refractivity contribution < 1.29 is 14.0 Å². The molecule has 0 radical (unpaired) electrons. The second-order valence-corrected chi connectivity index (χ2v) is 5.70. The predicted octanol–water partition coefficient (Wildman–Crippen LogP) is 3.53. The number of hydrogen-bond acceptors (Lipinski definition) is 4. The maximum Gasteiger partial charge on any atom is 0.267 e. The second kappa shape index (κ2) is 5.68. The van der Waals surface area contributed by atoms with Crippen molar-refractivity contribution in [1.82, 2.24) is 4.98 Å². The van der Waals surface area contributed by atoms with Gasteiger partial charge in [-0.05, 0) is 43.1 Å². The number of aromatic nitrogens is 1. The number of carbonyl (C=O) groups is 2. The molecule has 0 aliphatic rings. The molecule has 0 fully saturated rings. The van der Waals surface area contributed by atoms with Gasteiger partial charge in [0.25, 0.3) is 11.1 Å². The number of rotatable bonds is 3. The average molecular weight is 313 g/mol. The summed E-state index contributed by atoms with van der Waals surface area (Å²) in [5.74, 6) is -1.08. The van der Waals surface area contributed by atoms with Crippen LogP contribution in [0.2, 0.25) is 0 Å². The minimum Gasteiger partial charge on any atom is -0.321 e. The maximum absolute atomic E-state index is 13.5. The van der Waals surface area contributed by atoms with Gasteiger partial charge in [0.1, 0.15) is 10.7 Å². The highest BCUT2D eigenvalue weighted by Gasteiger charge is 2.15. The van der Waals surface area contributed by atoms with Gasteiger partial charge < -0.3 is 5.32 Å². The van der Waals surface area contributed by atoms with Crippen molar-refractivity contribution >= 4 is 39.8 Å². The number of thiazole rings is 1. The molecule has 0 aliphatic heterocycles. The SMILES string of the molecule is Cc1ncc(C(=O)Nc2cc(C(=O)Cl)c(F)cc2C)s1. The van der Waals surface area contributed by atoms with Gasteiger partial charge in [-0.2, -0.15) is 0 Å². The van der Waals surface area contributed by atoms with Crippen molar-refractivity contribution in [3.05, 3.63) is 45.2 Å². The van der Waals surface area contributed by atoms with Gasteiger partial charge in [-0.3, -0.25) is 9.59 Å². The average Bonchev–Trinajstić information content (AvgIpc) is 2.79. The summed E-state index contributed by atoms with van der Waals surface area (Å²) in [7, 11) is 0. The van der Waals surface area contributed by atoms with E-state index < -0.39 is 11.1 Å². The Labute approximate surface area is 123 Å². The molecule has 0 bridgehead atoms. The Bertz CT molecular complexity index is 700. The van der Waals surface area contributed by atoms with E-state index in [1.54, 1.807) is 13.8 Å². The molecule has 2 rings (SSSR count). The fourth-order valence-corrected chi connectivity index (χ4v) is 2.43. The third kappa shape index (κ3) is 3.02. The summed E-state index contributed by atoms with van der Waals surface area (Å²) in [6.45, 7) is 3.41. The molecule has 20 heavy (non-hydrogen) atoms. The molecule has 1 aromatic carbocycles. The summed E-state index contributed by atoms with van der Waals surface area (Å²) in [4.78, 5) is 27.5. The summed E-state index contributed by atoms with van der Waals surface area (Å²) in [6, 6.07) is 2.38. The van der Waals surface area contributed by atoms with Crippen LogP contribution in [0.5, 0.6) is 0 Å². The van der Waals surface area contributed by atoms with Gasteiger partial charge in [0, 0.05) is 5.69 Å². The van der Waals surface area contributed by atoms with E-state index in [1.165, 1.54) is 23.6 Å². The van der Waals surface area contributed by atoms with Crippen LogP contribution in [0.1, 0.15) is 30.6 Å². The summed E-state index contributed by atoms with van der Waals surface area (Å²) >= 11 is 6.53. The van der Waals surface area contributed by atoms with Crippen molar-refractivity contribution in [1.29, 1.82) is 0 Å². The molecule has 0 saturated heterocycles. The Morgan fingerprint density at radius 2 is 2.05 bits per heavy atom. The molecule has 104 valence electrons. The van der Waals surface area contributed by atoms with Gasteiger partial charge in [0.15, 0.2) is 0 Å². The number of anilines is 1. The van der Waals surface area contributed by atoms with Crippen LogP contribution in [0.3, 0.4) is 0 Å². The van der Waals surface area contributed by atoms with Gasteiger partial charge in [0.05, 0.1) is 16.8 Å². The first-order valence-corrected chi connectivity index (χ1v) is 6.81. The Morgan fingerprint density at radius 3 is 2.60 bits per heavy atom. The van der Waals surface area contributed by atoms with Crippen molar-refractivity contribution in [2.24, 2.45) is 0 Å². The number of amides is 1. The number of nitrogens with one attached hydrogen (secondary N) is 1. The van der Waals surface area contributed by atoms with E-state index in [4.69, 9.17) is 11.6 Å². The van der Waals surface area contributed by atoms with Gasteiger partial charge in [0.2, 0.25) is 0 Å². The van der Waals surface area contributed by atoms with Crippen LogP contribution in [-0.2, 0) is 0 Å². The van der Waals surface area contributed by atoms with Gasteiger partial charge in [-0.25, -0.2) is 9.37 Å². The molecule has 0 atom stereocenters. The summed E-state index contributed by atoms with van der Waals surface area (Å²) in [5.41, 5.74) is 0.568. The minimum atomic E-state index is -0.911. The zero-order valence-corrected chi connectivity index (χ0v) is 12.2. The second-order valence-electron chi connectivity index (χ2n) is 4.12. The van der Waals surface area contributed by atoms with E-state index in [0.29, 0.717) is 16.1 Å². The van der Waals surface area contributed by atoms with E-state index in [-0.39, 0.29) is 11.5 Å². The highest BCUT2D eigenvalue weighted by atomic mass is 35.5. The fourth-order valence-electron chi connectivity index (χ4n) is 1.61. The molecule has 7 heteroatoms. The molecule has 1 N–H and O–H groups in total. The molecule has 1 heterocycles. The lowest BCUT2D eigenvalue weighted by molar-refractivity contribution is 0.102. The molecule has 1 amide bonds. The van der Waals surface area contributed by atoms with E-state index in [9.17, 15) is 14.0 Å². The molecule has 0 spiro atoms. The van der Waals surface area contributed by atoms with Crippen LogP contribution in [-0.4, -0.2) is 16.1 Å². The number of carbonyl (C=O) groups excluding carboxylic acids is 2. The number of aryl methyl sites for hydroxylation is 2. The quantitative estimate of drug-likeness (QED) is 0.882. The summed E-state index contributed by atoms with van der Waals surface area (Å²) in [5, 5.41) is 2.47. The van der Waals surface area contributed by atoms with Crippen LogP contribution < -0.4 is 5.32 Å². The minimum absolute atomic E-state index is 0.270. The molecule has 1 aromatic heterocycles. The van der Waals surface area contributed by atoms with Crippen molar-refractivity contribution in [2.45, 2.75) is 13.8 Å². The molecule has 4 nitrogen and oxygen atoms in total. The lowest BCUT2D eigenvalue weighted by Crippen LogP contribution is -2.12. The van der Waals surface area contributed by atoms with Crippen molar-refractivity contribution in [3.8, 4) is 0 Å². The number of hydrogen-bond donors (Lipinski definition) is 1. The predicted molar refractivity (Wildman–Crippen MR) is 76.1 cm³/mol. The third-order valence-electron chi connectivity index (χ3n) is 2.62. The maximum atomic E-state index is 13.5. The van der Waals surface area contributed by atoms with Crippen LogP contribution in [0.4, 0.5) is 10.1 Å². The highest BCUT2D eigenvalue weighted by molar-refractivity contribution is 7.13. The van der Waals surface area contributed by atoms with Gasteiger partial charge >= 0.3 is 0 Å². The van der Waals surface area contributed by atoms with E-state index >= 15 is 0 Å². The molecule has 0 saturated carbocycles. The zero-order valence-electron chi connectivity index (χ0n) is 10.7. The standard InChI is InChI=1S/C13H10ClFN2O2S/c1-6-3-9(15)8(12(14)18)4-10(6)17-13(19)11-5-16-7(2)20-11/h3-5H,1-2H3,(H,17,19). The lowest BCUT2D eigenvalue weighted by Gasteiger charge is -2.09. The number of halogens is 2. The Kier molecular flexibility index (Phi) is 4.15. The zero-order chi connectivity index (χ0) is 14.9. The van der Waals surface area contributed by atoms with E-state index in [0.717, 1.165) is 11.1 Å². The molecular weight excluding hydrogens is 303 g/mol. The van der Waals surface area contributed by atoms with Gasteiger partial charge in [-0.15, -0.1) is 11.3 Å². The Hall–Kier alpha value is -1.79. The van der Waals surface area contributed by atoms with Crippen molar-refractivity contribution in [3.63, 3.8) is 0 Å². The molecule has 0 aliphatic carbocycles. The number of benzene rings is 1. The van der Waals surface area contributed by atoms with Crippen LogP contribution in [0.25, 0.3) is 0 Å². The Balaban J connectivity index is 2.31. The topological polar surface area (TPSA) is 59.1 Å². The lowest BCUT2D eigenvalue weighted by atomic mass is 10.1. The number of nitrogens with zero attached hydrogens (tertiary/aromatic N) is 1. The summed E-state index contributed by atoms with van der Waals surface area (Å²) in [6.07, 6.45) is 1.46. The summed E-state index contributed by atoms with van der Waals surface area (Å²) < 4.78 is 13.5. The molecular formula is C13H10ClFN2O2S. The molecule has 2 aromatic rings. The highest BCUT2D eigenvalue weighted by Crippen LogP contribution is 2.23. The first-order chi connectivity index (χ1) is 9.38. The van der Waals surface area contributed by atoms with E-state index in [1.807, 2.05) is 0 Å². The van der Waals surface area contributed by atoms with Crippen LogP contribution in [0.15, 0.2) is 18.3 Å². The first kappa shape index (κ1) is 14.6. The first-order valence-electron chi connectivity index (χ1n) is 5.62. The smallest absolute Gasteiger partial charge is 0.267 e. The monoisotopic (exact) mass is 312 g/mol. The largest absolute Gasteiger partial charge is 0.321 e. The van der Waals surface area contributed by atoms with E-state index in [2.05, 4.69) is 10.3 Å². The Morgan fingerprint density at radius 1 is 1.35 bits per heavy atom. The van der Waals surface area contributed by atoms with Crippen LogP contribution in [0, 0.1) is 19.7 Å². The molecule has 0 unspecified atom stereocenters. The fraction of sp³-hybridized carbons (Fsp3) is 0.154. The van der Waals surface area contributed by atoms with Gasteiger partial charge in [-0.1, -0.05) is 0 Å². The van der Waals surface area contributed by atoms with Crippen molar-refractivity contribution in [2.75, 3.05) is 5.32 Å². The van der Waals surface area contributed by atoms with Crippen LogP contribution >= 0.6 is 22.9 Å². The normalized spacial score (nSPS) is 10.4. The third-order valence-corrected chi connectivity index (χ3v) is 3.73.